The number of benzene rings is 1. The summed E-state index contributed by atoms with van der Waals surface area (Å²) in [5.74, 6) is 0.861. The predicted molar refractivity (Wildman–Crippen MR) is 90.9 cm³/mol. The highest BCUT2D eigenvalue weighted by molar-refractivity contribution is 7.87. The number of furan rings is 1. The molecule has 1 unspecified atom stereocenters. The molecular formula is C17H22N2O4S. The number of rotatable bonds is 7. The van der Waals surface area contributed by atoms with Gasteiger partial charge in [0.05, 0.1) is 19.5 Å². The Balaban J connectivity index is 1.64. The van der Waals surface area contributed by atoms with Gasteiger partial charge in [-0.2, -0.15) is 12.7 Å². The van der Waals surface area contributed by atoms with Gasteiger partial charge in [-0.3, -0.25) is 0 Å². The van der Waals surface area contributed by atoms with E-state index >= 15 is 0 Å². The number of ether oxygens (including phenoxy) is 1. The Kier molecular flexibility index (Phi) is 5.68. The van der Waals surface area contributed by atoms with Crippen LogP contribution in [-0.4, -0.2) is 45.6 Å². The van der Waals surface area contributed by atoms with Crippen molar-refractivity contribution >= 4 is 10.2 Å². The Morgan fingerprint density at radius 1 is 1.08 bits per heavy atom. The van der Waals surface area contributed by atoms with Crippen molar-refractivity contribution in [1.82, 2.24) is 9.03 Å². The third kappa shape index (κ3) is 4.24. The lowest BCUT2D eigenvalue weighted by Crippen LogP contribution is -2.46. The standard InChI is InChI=1S/C17H22N2O4S/c20-24(21,19-10-13-22-14-11-19)18-9-8-16(17-7-4-12-23-17)15-5-2-1-3-6-15/h1-7,12,16,18H,8-11,13-14H2. The SMILES string of the molecule is O=S(=O)(NCCC(c1ccccc1)c1ccco1)N1CCOCC1. The van der Waals surface area contributed by atoms with Gasteiger partial charge in [0.25, 0.3) is 10.2 Å². The van der Waals surface area contributed by atoms with Crippen molar-refractivity contribution in [2.45, 2.75) is 12.3 Å². The van der Waals surface area contributed by atoms with Crippen LogP contribution in [0, 0.1) is 0 Å². The van der Waals surface area contributed by atoms with Crippen LogP contribution >= 0.6 is 0 Å². The average molecular weight is 350 g/mol. The third-order valence-electron chi connectivity index (χ3n) is 4.12. The van der Waals surface area contributed by atoms with Gasteiger partial charge in [0.1, 0.15) is 5.76 Å². The zero-order chi connectivity index (χ0) is 16.8. The summed E-state index contributed by atoms with van der Waals surface area (Å²) >= 11 is 0. The highest BCUT2D eigenvalue weighted by Gasteiger charge is 2.24. The van der Waals surface area contributed by atoms with Crippen molar-refractivity contribution in [1.29, 1.82) is 0 Å². The summed E-state index contributed by atoms with van der Waals surface area (Å²) in [6.45, 7) is 2.03. The van der Waals surface area contributed by atoms with Gasteiger partial charge in [0.2, 0.25) is 0 Å². The quantitative estimate of drug-likeness (QED) is 0.829. The van der Waals surface area contributed by atoms with Gasteiger partial charge in [-0.05, 0) is 24.1 Å². The normalized spacial score (nSPS) is 17.7. The fraction of sp³-hybridized carbons (Fsp3) is 0.412. The summed E-state index contributed by atoms with van der Waals surface area (Å²) in [5, 5.41) is 0. The minimum absolute atomic E-state index is 0.0218. The molecule has 1 saturated heterocycles. The minimum atomic E-state index is -3.46. The summed E-state index contributed by atoms with van der Waals surface area (Å²) < 4.78 is 39.5. The van der Waals surface area contributed by atoms with Crippen LogP contribution in [0.2, 0.25) is 0 Å². The van der Waals surface area contributed by atoms with E-state index in [0.29, 0.717) is 39.3 Å². The summed E-state index contributed by atoms with van der Waals surface area (Å²) in [5.41, 5.74) is 1.11. The molecule has 7 heteroatoms. The number of morpholine rings is 1. The molecule has 130 valence electrons. The Labute approximate surface area is 142 Å². The van der Waals surface area contributed by atoms with Gasteiger partial charge < -0.3 is 9.15 Å². The van der Waals surface area contributed by atoms with Crippen LogP contribution in [-0.2, 0) is 14.9 Å². The van der Waals surface area contributed by atoms with E-state index in [1.54, 1.807) is 6.26 Å². The number of hydrogen-bond donors (Lipinski definition) is 1. The molecule has 1 N–H and O–H groups in total. The molecule has 2 aromatic rings. The number of nitrogens with zero attached hydrogens (tertiary/aromatic N) is 1. The molecule has 1 aliphatic heterocycles. The first kappa shape index (κ1) is 17.2. The van der Waals surface area contributed by atoms with Crippen molar-refractivity contribution in [2.75, 3.05) is 32.8 Å². The molecule has 1 aromatic heterocycles. The lowest BCUT2D eigenvalue weighted by molar-refractivity contribution is 0.0725. The van der Waals surface area contributed by atoms with E-state index in [1.807, 2.05) is 42.5 Å². The van der Waals surface area contributed by atoms with Gasteiger partial charge in [0, 0.05) is 25.6 Å². The molecule has 0 aliphatic carbocycles. The molecule has 1 fully saturated rings. The Morgan fingerprint density at radius 2 is 1.83 bits per heavy atom. The average Bonchev–Trinajstić information content (AvgIpc) is 3.14. The van der Waals surface area contributed by atoms with Gasteiger partial charge in [-0.25, -0.2) is 4.72 Å². The molecule has 1 aliphatic rings. The second kappa shape index (κ2) is 7.94. The van der Waals surface area contributed by atoms with Crippen molar-refractivity contribution in [3.05, 3.63) is 60.1 Å². The lowest BCUT2D eigenvalue weighted by atomic mass is 9.93. The maximum absolute atomic E-state index is 12.3. The van der Waals surface area contributed by atoms with E-state index in [1.165, 1.54) is 4.31 Å². The zero-order valence-corrected chi connectivity index (χ0v) is 14.2. The molecule has 2 heterocycles. The van der Waals surface area contributed by atoms with Crippen LogP contribution < -0.4 is 4.72 Å². The first-order chi connectivity index (χ1) is 11.7. The molecule has 0 bridgehead atoms. The van der Waals surface area contributed by atoms with Gasteiger partial charge in [-0.15, -0.1) is 0 Å². The van der Waals surface area contributed by atoms with Crippen LogP contribution in [0.25, 0.3) is 0 Å². The van der Waals surface area contributed by atoms with E-state index in [9.17, 15) is 8.42 Å². The van der Waals surface area contributed by atoms with Gasteiger partial charge in [-0.1, -0.05) is 30.3 Å². The Morgan fingerprint density at radius 3 is 2.50 bits per heavy atom. The maximum Gasteiger partial charge on any atom is 0.279 e. The first-order valence-electron chi connectivity index (χ1n) is 8.07. The van der Waals surface area contributed by atoms with E-state index in [2.05, 4.69) is 4.72 Å². The Bertz CT molecular complexity index is 710. The molecule has 24 heavy (non-hydrogen) atoms. The topological polar surface area (TPSA) is 71.8 Å². The molecule has 6 nitrogen and oxygen atoms in total. The van der Waals surface area contributed by atoms with Crippen LogP contribution in [0.3, 0.4) is 0 Å². The smallest absolute Gasteiger partial charge is 0.279 e. The van der Waals surface area contributed by atoms with Crippen molar-refractivity contribution < 1.29 is 17.6 Å². The largest absolute Gasteiger partial charge is 0.469 e. The molecular weight excluding hydrogens is 328 g/mol. The Hall–Kier alpha value is -1.67. The van der Waals surface area contributed by atoms with E-state index in [4.69, 9.17) is 9.15 Å². The van der Waals surface area contributed by atoms with E-state index in [0.717, 1.165) is 11.3 Å². The predicted octanol–water partition coefficient (Wildman–Crippen LogP) is 1.97. The third-order valence-corrected chi connectivity index (χ3v) is 5.73. The molecule has 0 spiro atoms. The molecule has 0 radical (unpaired) electrons. The maximum atomic E-state index is 12.3. The fourth-order valence-corrected chi connectivity index (χ4v) is 4.05. The van der Waals surface area contributed by atoms with E-state index < -0.39 is 10.2 Å². The first-order valence-corrected chi connectivity index (χ1v) is 9.51. The summed E-state index contributed by atoms with van der Waals surface area (Å²) in [6, 6.07) is 13.8. The molecule has 0 saturated carbocycles. The molecule has 1 aromatic carbocycles. The summed E-state index contributed by atoms with van der Waals surface area (Å²) in [6.07, 6.45) is 2.27. The van der Waals surface area contributed by atoms with Crippen molar-refractivity contribution in [3.63, 3.8) is 0 Å². The van der Waals surface area contributed by atoms with Crippen LogP contribution in [0.4, 0.5) is 0 Å². The highest BCUT2D eigenvalue weighted by Crippen LogP contribution is 2.27. The van der Waals surface area contributed by atoms with Crippen molar-refractivity contribution in [2.24, 2.45) is 0 Å². The zero-order valence-electron chi connectivity index (χ0n) is 13.4. The second-order valence-corrected chi connectivity index (χ2v) is 7.43. The molecule has 3 rings (SSSR count). The second-order valence-electron chi connectivity index (χ2n) is 5.68. The molecule has 0 amide bonds. The lowest BCUT2D eigenvalue weighted by Gasteiger charge is -2.26. The monoisotopic (exact) mass is 350 g/mol. The highest BCUT2D eigenvalue weighted by atomic mass is 32.2. The number of hydrogen-bond acceptors (Lipinski definition) is 4. The van der Waals surface area contributed by atoms with Gasteiger partial charge >= 0.3 is 0 Å². The fourth-order valence-electron chi connectivity index (χ4n) is 2.86. The summed E-state index contributed by atoms with van der Waals surface area (Å²) in [7, 11) is -3.46. The number of nitrogens with one attached hydrogen (secondary N) is 1. The van der Waals surface area contributed by atoms with Crippen LogP contribution in [0.15, 0.2) is 53.1 Å². The minimum Gasteiger partial charge on any atom is -0.469 e. The summed E-state index contributed by atoms with van der Waals surface area (Å²) in [4.78, 5) is 0. The van der Waals surface area contributed by atoms with Gasteiger partial charge in [0.15, 0.2) is 0 Å². The van der Waals surface area contributed by atoms with Crippen LogP contribution in [0.5, 0.6) is 0 Å². The van der Waals surface area contributed by atoms with E-state index in [-0.39, 0.29) is 5.92 Å². The van der Waals surface area contributed by atoms with Crippen LogP contribution in [0.1, 0.15) is 23.7 Å². The molecule has 1 atom stereocenters. The van der Waals surface area contributed by atoms with Crippen molar-refractivity contribution in [3.8, 4) is 0 Å².